The molecule has 0 bridgehead atoms. The summed E-state index contributed by atoms with van der Waals surface area (Å²) in [6, 6.07) is 4.91. The molecule has 0 saturated carbocycles. The number of phenols is 1. The van der Waals surface area contributed by atoms with Gasteiger partial charge in [-0.25, -0.2) is 4.98 Å². The normalized spacial score (nSPS) is 11.6. The minimum absolute atomic E-state index is 0.165. The maximum atomic E-state index is 9.82. The first kappa shape index (κ1) is 14.4. The predicted octanol–water partition coefficient (Wildman–Crippen LogP) is 2.43. The summed E-state index contributed by atoms with van der Waals surface area (Å²) in [5.74, 6) is 1.53. The van der Waals surface area contributed by atoms with E-state index in [1.165, 1.54) is 0 Å². The van der Waals surface area contributed by atoms with Gasteiger partial charge >= 0.3 is 0 Å². The molecule has 0 unspecified atom stereocenters. The summed E-state index contributed by atoms with van der Waals surface area (Å²) in [7, 11) is 1.58. The zero-order valence-electron chi connectivity index (χ0n) is 12.0. The Labute approximate surface area is 118 Å². The fourth-order valence-electron chi connectivity index (χ4n) is 2.00. The number of benzene rings is 1. The smallest absolute Gasteiger partial charge is 0.143 e. The topological polar surface area (TPSA) is 67.5 Å². The van der Waals surface area contributed by atoms with Crippen molar-refractivity contribution in [2.75, 3.05) is 7.11 Å². The van der Waals surface area contributed by atoms with Crippen molar-refractivity contribution in [1.82, 2.24) is 9.55 Å². The van der Waals surface area contributed by atoms with Gasteiger partial charge in [-0.2, -0.15) is 0 Å². The molecule has 20 heavy (non-hydrogen) atoms. The summed E-state index contributed by atoms with van der Waals surface area (Å²) in [6.45, 7) is 4.19. The Hall–Kier alpha value is -2.01. The standard InChI is InChI=1S/C15H20N2O3/c1-15(2,19)6-8-17-9-7-16-14(17)12-10-11(18)4-5-13(12)20-3/h4-5,7,9-10,18-19H,6,8H2,1-3H3. The molecule has 2 aromatic rings. The molecular formula is C15H20N2O3. The highest BCUT2D eigenvalue weighted by atomic mass is 16.5. The lowest BCUT2D eigenvalue weighted by Gasteiger charge is -2.18. The molecule has 0 amide bonds. The van der Waals surface area contributed by atoms with E-state index in [2.05, 4.69) is 4.98 Å². The monoisotopic (exact) mass is 276 g/mol. The predicted molar refractivity (Wildman–Crippen MR) is 76.8 cm³/mol. The maximum absolute atomic E-state index is 9.82. The molecular weight excluding hydrogens is 256 g/mol. The molecule has 0 spiro atoms. The van der Waals surface area contributed by atoms with Crippen molar-refractivity contribution >= 4 is 0 Å². The number of aromatic nitrogens is 2. The van der Waals surface area contributed by atoms with Gasteiger partial charge in [-0.05, 0) is 38.5 Å². The van der Waals surface area contributed by atoms with Crippen LogP contribution in [0, 0.1) is 0 Å². The first-order valence-electron chi connectivity index (χ1n) is 6.51. The Morgan fingerprint density at radius 1 is 1.35 bits per heavy atom. The van der Waals surface area contributed by atoms with Crippen LogP contribution in [-0.2, 0) is 6.54 Å². The van der Waals surface area contributed by atoms with Crippen LogP contribution in [0.5, 0.6) is 11.5 Å². The second-order valence-electron chi connectivity index (χ2n) is 5.39. The van der Waals surface area contributed by atoms with E-state index in [4.69, 9.17) is 4.74 Å². The molecule has 2 N–H and O–H groups in total. The third-order valence-corrected chi connectivity index (χ3v) is 3.10. The first-order valence-corrected chi connectivity index (χ1v) is 6.51. The van der Waals surface area contributed by atoms with E-state index in [0.717, 1.165) is 5.56 Å². The van der Waals surface area contributed by atoms with Gasteiger partial charge in [0.1, 0.15) is 17.3 Å². The summed E-state index contributed by atoms with van der Waals surface area (Å²) >= 11 is 0. The fraction of sp³-hybridized carbons (Fsp3) is 0.400. The number of aromatic hydroxyl groups is 1. The highest BCUT2D eigenvalue weighted by Crippen LogP contribution is 2.32. The number of methoxy groups -OCH3 is 1. The Bertz CT molecular complexity index is 585. The lowest BCUT2D eigenvalue weighted by molar-refractivity contribution is 0.0663. The highest BCUT2D eigenvalue weighted by Gasteiger charge is 2.16. The Morgan fingerprint density at radius 2 is 2.10 bits per heavy atom. The largest absolute Gasteiger partial charge is 0.508 e. The van der Waals surface area contributed by atoms with Crippen LogP contribution in [-0.4, -0.2) is 32.5 Å². The van der Waals surface area contributed by atoms with Crippen molar-refractivity contribution in [3.8, 4) is 22.9 Å². The third-order valence-electron chi connectivity index (χ3n) is 3.10. The number of ether oxygens (including phenoxy) is 1. The summed E-state index contributed by atoms with van der Waals surface area (Å²) < 4.78 is 7.25. The van der Waals surface area contributed by atoms with Crippen LogP contribution >= 0.6 is 0 Å². The first-order chi connectivity index (χ1) is 9.40. The Balaban J connectivity index is 2.34. The second kappa shape index (κ2) is 5.54. The molecule has 5 nitrogen and oxygen atoms in total. The molecule has 0 aliphatic rings. The van der Waals surface area contributed by atoms with E-state index in [-0.39, 0.29) is 5.75 Å². The van der Waals surface area contributed by atoms with Crippen LogP contribution in [0.3, 0.4) is 0 Å². The molecule has 0 fully saturated rings. The number of imidazole rings is 1. The number of aliphatic hydroxyl groups is 1. The van der Waals surface area contributed by atoms with Crippen LogP contribution in [0.15, 0.2) is 30.6 Å². The summed E-state index contributed by atoms with van der Waals surface area (Å²) in [5, 5.41) is 19.5. The van der Waals surface area contributed by atoms with Gasteiger partial charge in [0.25, 0.3) is 0 Å². The molecule has 1 aromatic carbocycles. The van der Waals surface area contributed by atoms with Crippen molar-refractivity contribution in [3.63, 3.8) is 0 Å². The van der Waals surface area contributed by atoms with Gasteiger partial charge < -0.3 is 19.5 Å². The average Bonchev–Trinajstić information content (AvgIpc) is 2.83. The molecule has 1 aromatic heterocycles. The Morgan fingerprint density at radius 3 is 2.75 bits per heavy atom. The zero-order chi connectivity index (χ0) is 14.8. The van der Waals surface area contributed by atoms with Gasteiger partial charge in [0.2, 0.25) is 0 Å². The minimum Gasteiger partial charge on any atom is -0.508 e. The van der Waals surface area contributed by atoms with Crippen LogP contribution in [0.25, 0.3) is 11.4 Å². The van der Waals surface area contributed by atoms with Crippen molar-refractivity contribution < 1.29 is 14.9 Å². The molecule has 0 aliphatic carbocycles. The molecule has 0 radical (unpaired) electrons. The van der Waals surface area contributed by atoms with E-state index in [1.807, 2.05) is 10.8 Å². The molecule has 0 aliphatic heterocycles. The van der Waals surface area contributed by atoms with E-state index in [9.17, 15) is 10.2 Å². The molecule has 108 valence electrons. The van der Waals surface area contributed by atoms with E-state index in [0.29, 0.717) is 24.5 Å². The van der Waals surface area contributed by atoms with Gasteiger partial charge in [-0.15, -0.1) is 0 Å². The summed E-state index contributed by atoms with van der Waals surface area (Å²) in [6.07, 6.45) is 4.16. The number of nitrogens with zero attached hydrogens (tertiary/aromatic N) is 2. The third kappa shape index (κ3) is 3.30. The van der Waals surface area contributed by atoms with Crippen LogP contribution in [0.1, 0.15) is 20.3 Å². The fourth-order valence-corrected chi connectivity index (χ4v) is 2.00. The molecule has 0 atom stereocenters. The van der Waals surface area contributed by atoms with E-state index >= 15 is 0 Å². The van der Waals surface area contributed by atoms with Crippen LogP contribution < -0.4 is 4.74 Å². The van der Waals surface area contributed by atoms with Crippen molar-refractivity contribution in [2.24, 2.45) is 0 Å². The SMILES string of the molecule is COc1ccc(O)cc1-c1nccn1CCC(C)(C)O. The van der Waals surface area contributed by atoms with Gasteiger partial charge in [-0.1, -0.05) is 0 Å². The van der Waals surface area contributed by atoms with Gasteiger partial charge in [0.15, 0.2) is 0 Å². The van der Waals surface area contributed by atoms with Crippen molar-refractivity contribution in [1.29, 1.82) is 0 Å². The quantitative estimate of drug-likeness (QED) is 0.880. The number of aryl methyl sites for hydroxylation is 1. The Kier molecular flexibility index (Phi) is 3.99. The number of rotatable bonds is 5. The van der Waals surface area contributed by atoms with E-state index in [1.54, 1.807) is 45.4 Å². The lowest BCUT2D eigenvalue weighted by Crippen LogP contribution is -2.21. The van der Waals surface area contributed by atoms with E-state index < -0.39 is 5.60 Å². The number of hydrogen-bond acceptors (Lipinski definition) is 4. The molecule has 0 saturated heterocycles. The van der Waals surface area contributed by atoms with Crippen LogP contribution in [0.2, 0.25) is 0 Å². The van der Waals surface area contributed by atoms with Gasteiger partial charge in [0, 0.05) is 18.9 Å². The average molecular weight is 276 g/mol. The zero-order valence-corrected chi connectivity index (χ0v) is 12.0. The van der Waals surface area contributed by atoms with Crippen molar-refractivity contribution in [3.05, 3.63) is 30.6 Å². The van der Waals surface area contributed by atoms with Gasteiger partial charge in [0.05, 0.1) is 18.3 Å². The molecule has 1 heterocycles. The lowest BCUT2D eigenvalue weighted by atomic mass is 10.1. The van der Waals surface area contributed by atoms with Crippen molar-refractivity contribution in [2.45, 2.75) is 32.4 Å². The molecule has 5 heteroatoms. The number of phenolic OH excluding ortho intramolecular Hbond substituents is 1. The number of hydrogen-bond donors (Lipinski definition) is 2. The van der Waals surface area contributed by atoms with Crippen LogP contribution in [0.4, 0.5) is 0 Å². The minimum atomic E-state index is -0.732. The summed E-state index contributed by atoms with van der Waals surface area (Å²) in [5.41, 5.74) is -0.00184. The summed E-state index contributed by atoms with van der Waals surface area (Å²) in [4.78, 5) is 4.33. The molecule has 2 rings (SSSR count). The maximum Gasteiger partial charge on any atom is 0.143 e. The second-order valence-corrected chi connectivity index (χ2v) is 5.39. The highest BCUT2D eigenvalue weighted by molar-refractivity contribution is 5.66. The van der Waals surface area contributed by atoms with Gasteiger partial charge in [-0.3, -0.25) is 0 Å².